The Balaban J connectivity index is 3.02. The predicted molar refractivity (Wildman–Crippen MR) is 37.0 cm³/mol. The van der Waals surface area contributed by atoms with Crippen molar-refractivity contribution in [1.82, 2.24) is 4.91 Å². The Morgan fingerprint density at radius 2 is 2.50 bits per heavy atom. The van der Waals surface area contributed by atoms with E-state index in [1.54, 1.807) is 0 Å². The van der Waals surface area contributed by atoms with Gasteiger partial charge in [-0.1, -0.05) is 11.6 Å². The predicted octanol–water partition coefficient (Wildman–Crippen LogP) is 0.516. The SMILES string of the molecule is COC1OC(=O)C(Cl)=C1N=[N+]=N. The molecule has 0 aromatic rings. The first-order valence-electron chi connectivity index (χ1n) is 2.91. The summed E-state index contributed by atoms with van der Waals surface area (Å²) in [6.07, 6.45) is -0.945. The molecule has 7 heteroatoms. The molecule has 6 nitrogen and oxygen atoms in total. The highest BCUT2D eigenvalue weighted by molar-refractivity contribution is 6.42. The minimum Gasteiger partial charge on any atom is -0.425 e. The van der Waals surface area contributed by atoms with Crippen LogP contribution in [0.5, 0.6) is 0 Å². The highest BCUT2D eigenvalue weighted by atomic mass is 35.5. The number of rotatable bonds is 2. The van der Waals surface area contributed by atoms with E-state index in [1.165, 1.54) is 7.11 Å². The highest BCUT2D eigenvalue weighted by Crippen LogP contribution is 2.26. The lowest BCUT2D eigenvalue weighted by Crippen LogP contribution is -2.12. The molecule has 1 unspecified atom stereocenters. The van der Waals surface area contributed by atoms with Gasteiger partial charge in [0, 0.05) is 7.11 Å². The number of hydrogen-bond acceptors (Lipinski definition) is 5. The van der Waals surface area contributed by atoms with Crippen LogP contribution < -0.4 is 4.91 Å². The summed E-state index contributed by atoms with van der Waals surface area (Å²) in [5.74, 6) is -0.717. The molecule has 0 aliphatic carbocycles. The normalized spacial score (nSPS) is 22.2. The van der Waals surface area contributed by atoms with Gasteiger partial charge in [0.15, 0.2) is 10.1 Å². The molecule has 0 bridgehead atoms. The standard InChI is InChI=1S/C5H5ClN3O3/c1-11-5-3(8-9-7)2(6)4(10)12-5/h5,7H,1H3/q+1. The van der Waals surface area contributed by atoms with E-state index in [4.69, 9.17) is 21.9 Å². The van der Waals surface area contributed by atoms with Crippen molar-refractivity contribution >= 4 is 17.6 Å². The summed E-state index contributed by atoms with van der Waals surface area (Å²) < 4.78 is 9.28. The number of halogens is 1. The Hall–Kier alpha value is -1.23. The van der Waals surface area contributed by atoms with Crippen LogP contribution in [0.15, 0.2) is 15.8 Å². The molecular formula is C5H5ClN3O3+. The Morgan fingerprint density at radius 1 is 1.83 bits per heavy atom. The van der Waals surface area contributed by atoms with Crippen molar-refractivity contribution in [2.24, 2.45) is 5.11 Å². The molecule has 1 aliphatic heterocycles. The second-order valence-corrected chi connectivity index (χ2v) is 2.25. The maximum atomic E-state index is 10.8. The van der Waals surface area contributed by atoms with Crippen LogP contribution in [0.4, 0.5) is 0 Å². The zero-order chi connectivity index (χ0) is 9.14. The molecule has 64 valence electrons. The van der Waals surface area contributed by atoms with Gasteiger partial charge in [0.2, 0.25) is 10.6 Å². The summed E-state index contributed by atoms with van der Waals surface area (Å²) in [4.78, 5) is 13.5. The van der Waals surface area contributed by atoms with Gasteiger partial charge < -0.3 is 9.47 Å². The minimum atomic E-state index is -0.945. The number of ether oxygens (including phenoxy) is 2. The molecular weight excluding hydrogens is 186 g/mol. The van der Waals surface area contributed by atoms with Crippen LogP contribution in [0, 0.1) is 5.53 Å². The molecule has 0 amide bonds. The lowest BCUT2D eigenvalue weighted by atomic mass is 10.4. The van der Waals surface area contributed by atoms with Crippen LogP contribution in [0.25, 0.3) is 0 Å². The van der Waals surface area contributed by atoms with Gasteiger partial charge in [-0.25, -0.2) is 4.79 Å². The quantitative estimate of drug-likeness (QED) is 0.391. The number of cyclic esters (lactones) is 1. The van der Waals surface area contributed by atoms with Crippen molar-refractivity contribution in [1.29, 1.82) is 5.53 Å². The summed E-state index contributed by atoms with van der Waals surface area (Å²) in [7, 11) is 1.33. The summed E-state index contributed by atoms with van der Waals surface area (Å²) in [5, 5.41) is 3.08. The van der Waals surface area contributed by atoms with Crippen molar-refractivity contribution in [2.75, 3.05) is 7.11 Å². The summed E-state index contributed by atoms with van der Waals surface area (Å²) in [5.41, 5.74) is 6.46. The Morgan fingerprint density at radius 3 is 3.00 bits per heavy atom. The van der Waals surface area contributed by atoms with Gasteiger partial charge in [-0.2, -0.15) is 0 Å². The van der Waals surface area contributed by atoms with E-state index >= 15 is 0 Å². The third-order valence-corrected chi connectivity index (χ3v) is 1.56. The van der Waals surface area contributed by atoms with Crippen molar-refractivity contribution in [3.63, 3.8) is 0 Å². The molecule has 12 heavy (non-hydrogen) atoms. The number of esters is 1. The van der Waals surface area contributed by atoms with Crippen LogP contribution in [-0.4, -0.2) is 19.4 Å². The first kappa shape index (κ1) is 8.86. The van der Waals surface area contributed by atoms with E-state index < -0.39 is 12.3 Å². The van der Waals surface area contributed by atoms with E-state index in [1.807, 2.05) is 0 Å². The topological polar surface area (TPSA) is 85.8 Å². The van der Waals surface area contributed by atoms with E-state index in [0.717, 1.165) is 0 Å². The number of hydrogen-bond donors (Lipinski definition) is 1. The van der Waals surface area contributed by atoms with Crippen LogP contribution in [0.3, 0.4) is 0 Å². The molecule has 0 radical (unpaired) electrons. The zero-order valence-corrected chi connectivity index (χ0v) is 6.83. The molecule has 1 rings (SSSR count). The second-order valence-electron chi connectivity index (χ2n) is 1.87. The highest BCUT2D eigenvalue weighted by Gasteiger charge is 2.36. The summed E-state index contributed by atoms with van der Waals surface area (Å²) in [6, 6.07) is 0. The van der Waals surface area contributed by atoms with Crippen molar-refractivity contribution in [3.8, 4) is 0 Å². The smallest absolute Gasteiger partial charge is 0.354 e. The lowest BCUT2D eigenvalue weighted by molar-refractivity contribution is -0.155. The molecule has 1 aliphatic rings. The van der Waals surface area contributed by atoms with Gasteiger partial charge >= 0.3 is 5.97 Å². The summed E-state index contributed by atoms with van der Waals surface area (Å²) in [6.45, 7) is 0. The third-order valence-electron chi connectivity index (χ3n) is 1.21. The van der Waals surface area contributed by atoms with Crippen LogP contribution >= 0.6 is 11.6 Å². The van der Waals surface area contributed by atoms with Gasteiger partial charge in [0.25, 0.3) is 6.29 Å². The molecule has 0 saturated carbocycles. The first-order valence-corrected chi connectivity index (χ1v) is 3.29. The maximum absolute atomic E-state index is 10.8. The fraction of sp³-hybridized carbons (Fsp3) is 0.400. The molecule has 0 spiro atoms. The Kier molecular flexibility index (Phi) is 2.54. The molecule has 1 atom stereocenters. The van der Waals surface area contributed by atoms with Crippen molar-refractivity contribution in [3.05, 3.63) is 10.7 Å². The molecule has 0 fully saturated rings. The number of carbonyl (C=O) groups is 1. The average molecular weight is 191 g/mol. The minimum absolute atomic E-state index is 0.0270. The van der Waals surface area contributed by atoms with Gasteiger partial charge in [0.05, 0.1) is 0 Å². The van der Waals surface area contributed by atoms with Crippen LogP contribution in [-0.2, 0) is 14.3 Å². The number of methoxy groups -OCH3 is 1. The molecule has 0 saturated heterocycles. The largest absolute Gasteiger partial charge is 0.425 e. The fourth-order valence-electron chi connectivity index (χ4n) is 0.717. The number of carbonyl (C=O) groups excluding carboxylic acids is 1. The van der Waals surface area contributed by atoms with Crippen LogP contribution in [0.2, 0.25) is 0 Å². The Labute approximate surface area is 72.3 Å². The zero-order valence-electron chi connectivity index (χ0n) is 6.07. The number of nitrogens with zero attached hydrogens (tertiary/aromatic N) is 2. The maximum Gasteiger partial charge on any atom is 0.354 e. The van der Waals surface area contributed by atoms with E-state index in [2.05, 4.69) is 14.8 Å². The van der Waals surface area contributed by atoms with Crippen molar-refractivity contribution < 1.29 is 14.3 Å². The van der Waals surface area contributed by atoms with Gasteiger partial charge in [-0.3, -0.25) is 0 Å². The first-order chi connectivity index (χ1) is 5.70. The van der Waals surface area contributed by atoms with Crippen LogP contribution in [0.1, 0.15) is 0 Å². The van der Waals surface area contributed by atoms with E-state index in [9.17, 15) is 4.79 Å². The molecule has 0 aromatic carbocycles. The number of nitrogens with one attached hydrogen (secondary N) is 1. The van der Waals surface area contributed by atoms with E-state index in [-0.39, 0.29) is 10.7 Å². The molecule has 1 heterocycles. The Bertz CT molecular complexity index is 294. The average Bonchev–Trinajstić information content (AvgIpc) is 2.33. The fourth-order valence-corrected chi connectivity index (χ4v) is 0.889. The van der Waals surface area contributed by atoms with Crippen molar-refractivity contribution in [2.45, 2.75) is 6.29 Å². The third kappa shape index (κ3) is 1.35. The van der Waals surface area contributed by atoms with E-state index in [0.29, 0.717) is 0 Å². The lowest BCUT2D eigenvalue weighted by Gasteiger charge is -2.03. The van der Waals surface area contributed by atoms with Gasteiger partial charge in [-0.15, -0.1) is 0 Å². The summed E-state index contributed by atoms with van der Waals surface area (Å²) >= 11 is 5.47. The second kappa shape index (κ2) is 3.44. The van der Waals surface area contributed by atoms with Gasteiger partial charge in [0.1, 0.15) is 5.53 Å². The monoisotopic (exact) mass is 190 g/mol. The molecule has 0 aromatic heterocycles. The molecule has 1 N–H and O–H groups in total. The van der Waals surface area contributed by atoms with Gasteiger partial charge in [-0.05, 0) is 0 Å².